The van der Waals surface area contributed by atoms with Crippen LogP contribution in [-0.2, 0) is 14.8 Å². The third-order valence-corrected chi connectivity index (χ3v) is 4.91. The van der Waals surface area contributed by atoms with Gasteiger partial charge >= 0.3 is 5.97 Å². The van der Waals surface area contributed by atoms with Crippen LogP contribution in [0.4, 0.5) is 0 Å². The van der Waals surface area contributed by atoms with Crippen molar-refractivity contribution < 1.29 is 27.8 Å². The number of aliphatic carboxylic acids is 1. The van der Waals surface area contributed by atoms with E-state index in [1.54, 1.807) is 18.2 Å². The van der Waals surface area contributed by atoms with Crippen LogP contribution in [0.5, 0.6) is 11.5 Å². The first-order chi connectivity index (χ1) is 12.8. The second kappa shape index (κ2) is 11.8. The highest BCUT2D eigenvalue weighted by Crippen LogP contribution is 2.34. The number of hydrogen-bond acceptors (Lipinski definition) is 5. The number of ether oxygens (including phenoxy) is 2. The zero-order valence-corrected chi connectivity index (χ0v) is 17.2. The predicted molar refractivity (Wildman–Crippen MR) is 105 cm³/mol. The topological polar surface area (TPSA) is 102 Å². The number of benzene rings is 1. The third kappa shape index (κ3) is 9.10. The van der Waals surface area contributed by atoms with E-state index in [0.29, 0.717) is 43.1 Å². The Morgan fingerprint density at radius 1 is 1.22 bits per heavy atom. The molecule has 0 radical (unpaired) electrons. The summed E-state index contributed by atoms with van der Waals surface area (Å²) in [7, 11) is -1.69. The Hall–Kier alpha value is -1.80. The Bertz CT molecular complexity index is 689. The predicted octanol–water partition coefficient (Wildman–Crippen LogP) is 3.15. The molecule has 0 aromatic heterocycles. The van der Waals surface area contributed by atoms with Crippen molar-refractivity contribution in [3.63, 3.8) is 0 Å². The molecule has 0 spiro atoms. The molecule has 0 fully saturated rings. The maximum atomic E-state index is 11.7. The molecule has 0 saturated carbocycles. The Morgan fingerprint density at radius 2 is 1.96 bits per heavy atom. The molecule has 1 aromatic rings. The molecule has 0 aliphatic heterocycles. The van der Waals surface area contributed by atoms with E-state index in [9.17, 15) is 18.3 Å². The quantitative estimate of drug-likeness (QED) is 0.464. The fourth-order valence-corrected chi connectivity index (χ4v) is 3.29. The van der Waals surface area contributed by atoms with Gasteiger partial charge in [0.1, 0.15) is 11.5 Å². The summed E-state index contributed by atoms with van der Waals surface area (Å²) in [4.78, 5) is 11.7. The summed E-state index contributed by atoms with van der Waals surface area (Å²) in [6.45, 7) is 2.75. The average Bonchev–Trinajstić information content (AvgIpc) is 2.60. The Balaban J connectivity index is 2.69. The summed E-state index contributed by atoms with van der Waals surface area (Å²) < 4.78 is 35.4. The van der Waals surface area contributed by atoms with E-state index in [-0.39, 0.29) is 0 Å². The van der Waals surface area contributed by atoms with E-state index in [2.05, 4.69) is 11.6 Å². The van der Waals surface area contributed by atoms with Gasteiger partial charge in [-0.2, -0.15) is 0 Å². The number of hydrogen-bond donors (Lipinski definition) is 2. The second-order valence-corrected chi connectivity index (χ2v) is 8.35. The Labute approximate surface area is 162 Å². The van der Waals surface area contributed by atoms with Gasteiger partial charge in [-0.1, -0.05) is 38.7 Å². The lowest BCUT2D eigenvalue weighted by Crippen LogP contribution is -2.24. The summed E-state index contributed by atoms with van der Waals surface area (Å²) in [6.07, 6.45) is 6.29. The monoisotopic (exact) mass is 401 g/mol. The molecule has 1 rings (SSSR count). The zero-order chi connectivity index (χ0) is 20.3. The second-order valence-electron chi connectivity index (χ2n) is 6.51. The molecule has 1 unspecified atom stereocenters. The lowest BCUT2D eigenvalue weighted by atomic mass is 9.92. The van der Waals surface area contributed by atoms with Crippen LogP contribution >= 0.6 is 0 Å². The number of unbranched alkanes of at least 4 members (excludes halogenated alkanes) is 3. The molecule has 1 aromatic carbocycles. The van der Waals surface area contributed by atoms with Crippen LogP contribution < -0.4 is 14.2 Å². The van der Waals surface area contributed by atoms with Crippen LogP contribution in [-0.4, -0.2) is 46.0 Å². The fourth-order valence-electron chi connectivity index (χ4n) is 2.78. The maximum absolute atomic E-state index is 11.7. The van der Waals surface area contributed by atoms with Gasteiger partial charge in [0.2, 0.25) is 10.0 Å². The molecular weight excluding hydrogens is 370 g/mol. The highest BCUT2D eigenvalue weighted by atomic mass is 32.2. The van der Waals surface area contributed by atoms with Gasteiger partial charge in [0, 0.05) is 18.2 Å². The third-order valence-electron chi connectivity index (χ3n) is 4.18. The zero-order valence-electron chi connectivity index (χ0n) is 16.4. The van der Waals surface area contributed by atoms with Crippen LogP contribution in [0.25, 0.3) is 0 Å². The Morgan fingerprint density at radius 3 is 2.56 bits per heavy atom. The summed E-state index contributed by atoms with van der Waals surface area (Å²) in [5, 5.41) is 9.60. The lowest BCUT2D eigenvalue weighted by Gasteiger charge is -2.17. The van der Waals surface area contributed by atoms with Crippen LogP contribution in [0.15, 0.2) is 18.2 Å². The molecule has 7 nitrogen and oxygen atoms in total. The molecule has 8 heteroatoms. The average molecular weight is 402 g/mol. The number of carbonyl (C=O) groups is 1. The van der Waals surface area contributed by atoms with Crippen molar-refractivity contribution in [3.05, 3.63) is 23.8 Å². The van der Waals surface area contributed by atoms with E-state index in [1.807, 2.05) is 0 Å². The molecule has 27 heavy (non-hydrogen) atoms. The number of methoxy groups -OCH3 is 1. The first-order valence-corrected chi connectivity index (χ1v) is 11.2. The highest BCUT2D eigenvalue weighted by Gasteiger charge is 2.23. The standard InChI is InChI=1S/C19H31NO6S/c1-4-5-6-7-9-17(19(21)22)16-11-10-15(14-18(16)25-2)26-13-8-12-20-27(3,23)24/h10-11,14,17,20H,4-9,12-13H2,1-3H3,(H,21,22). The van der Waals surface area contributed by atoms with Gasteiger partial charge in [0.05, 0.1) is 25.9 Å². The Kier molecular flexibility index (Phi) is 10.2. The van der Waals surface area contributed by atoms with E-state index in [0.717, 1.165) is 31.9 Å². The molecule has 0 amide bonds. The minimum Gasteiger partial charge on any atom is -0.496 e. The van der Waals surface area contributed by atoms with Gasteiger partial charge in [-0.05, 0) is 18.9 Å². The minimum absolute atomic E-state index is 0.299. The number of carboxylic acid groups (broad SMARTS) is 1. The van der Waals surface area contributed by atoms with E-state index >= 15 is 0 Å². The van der Waals surface area contributed by atoms with Gasteiger partial charge < -0.3 is 14.6 Å². The summed E-state index contributed by atoms with van der Waals surface area (Å²) >= 11 is 0. The van der Waals surface area contributed by atoms with Crippen molar-refractivity contribution in [2.45, 2.75) is 51.4 Å². The molecular formula is C19H31NO6S. The molecule has 0 heterocycles. The van der Waals surface area contributed by atoms with Gasteiger partial charge in [-0.25, -0.2) is 13.1 Å². The van der Waals surface area contributed by atoms with Crippen LogP contribution in [0.1, 0.15) is 56.9 Å². The number of rotatable bonds is 14. The largest absolute Gasteiger partial charge is 0.496 e. The SMILES string of the molecule is CCCCCCC(C(=O)O)c1ccc(OCCCNS(C)(=O)=O)cc1OC. The van der Waals surface area contributed by atoms with Crippen molar-refractivity contribution in [3.8, 4) is 11.5 Å². The first-order valence-electron chi connectivity index (χ1n) is 9.26. The molecule has 0 saturated heterocycles. The van der Waals surface area contributed by atoms with E-state index in [1.165, 1.54) is 7.11 Å². The molecule has 0 aliphatic rings. The van der Waals surface area contributed by atoms with Crippen molar-refractivity contribution in [2.24, 2.45) is 0 Å². The number of carboxylic acids is 1. The van der Waals surface area contributed by atoms with Crippen molar-refractivity contribution in [2.75, 3.05) is 26.5 Å². The normalized spacial score (nSPS) is 12.6. The van der Waals surface area contributed by atoms with E-state index < -0.39 is 21.9 Å². The number of nitrogens with one attached hydrogen (secondary N) is 1. The van der Waals surface area contributed by atoms with Gasteiger partial charge in [0.25, 0.3) is 0 Å². The molecule has 0 bridgehead atoms. The van der Waals surface area contributed by atoms with Crippen LogP contribution in [0.2, 0.25) is 0 Å². The van der Waals surface area contributed by atoms with Crippen LogP contribution in [0.3, 0.4) is 0 Å². The highest BCUT2D eigenvalue weighted by molar-refractivity contribution is 7.88. The van der Waals surface area contributed by atoms with Gasteiger partial charge in [0.15, 0.2) is 0 Å². The number of sulfonamides is 1. The van der Waals surface area contributed by atoms with Crippen molar-refractivity contribution >= 4 is 16.0 Å². The molecule has 154 valence electrons. The van der Waals surface area contributed by atoms with Crippen molar-refractivity contribution in [1.29, 1.82) is 0 Å². The smallest absolute Gasteiger partial charge is 0.311 e. The maximum Gasteiger partial charge on any atom is 0.311 e. The molecule has 1 atom stereocenters. The van der Waals surface area contributed by atoms with E-state index in [4.69, 9.17) is 9.47 Å². The van der Waals surface area contributed by atoms with Crippen LogP contribution in [0, 0.1) is 0 Å². The summed E-state index contributed by atoms with van der Waals surface area (Å²) in [5.41, 5.74) is 0.646. The first kappa shape index (κ1) is 23.2. The molecule has 0 aliphatic carbocycles. The summed E-state index contributed by atoms with van der Waals surface area (Å²) in [6, 6.07) is 5.15. The van der Waals surface area contributed by atoms with Gasteiger partial charge in [-0.3, -0.25) is 4.79 Å². The fraction of sp³-hybridized carbons (Fsp3) is 0.632. The van der Waals surface area contributed by atoms with Crippen molar-refractivity contribution in [1.82, 2.24) is 4.72 Å². The summed E-state index contributed by atoms with van der Waals surface area (Å²) in [5.74, 6) is -0.412. The van der Waals surface area contributed by atoms with Gasteiger partial charge in [-0.15, -0.1) is 0 Å². The molecule has 2 N–H and O–H groups in total. The minimum atomic E-state index is -3.20. The lowest BCUT2D eigenvalue weighted by molar-refractivity contribution is -0.139.